The molecule has 1 heterocycles. The van der Waals surface area contributed by atoms with Gasteiger partial charge in [-0.1, -0.05) is 17.7 Å². The van der Waals surface area contributed by atoms with Gasteiger partial charge in [0.25, 0.3) is 0 Å². The molecule has 0 aliphatic rings. The van der Waals surface area contributed by atoms with Gasteiger partial charge in [0.1, 0.15) is 16.6 Å². The van der Waals surface area contributed by atoms with Crippen LogP contribution in [0.3, 0.4) is 0 Å². The average molecular weight is 452 g/mol. The van der Waals surface area contributed by atoms with Gasteiger partial charge < -0.3 is 15.4 Å². The number of halogens is 2. The highest BCUT2D eigenvalue weighted by atomic mass is 35.5. The molecule has 0 amide bonds. The summed E-state index contributed by atoms with van der Waals surface area (Å²) in [4.78, 5) is 8.40. The van der Waals surface area contributed by atoms with Crippen molar-refractivity contribution in [3.05, 3.63) is 59.0 Å². The topological polar surface area (TPSA) is 105 Å². The summed E-state index contributed by atoms with van der Waals surface area (Å²) in [5.41, 5.74) is 1.98. The molecule has 0 aliphatic carbocycles. The molecule has 3 aromatic rings. The number of ether oxygens (including phenoxy) is 1. The van der Waals surface area contributed by atoms with E-state index in [1.807, 2.05) is 13.0 Å². The molecule has 0 atom stereocenters. The van der Waals surface area contributed by atoms with Crippen molar-refractivity contribution in [3.63, 3.8) is 0 Å². The van der Waals surface area contributed by atoms with E-state index in [1.165, 1.54) is 31.5 Å². The standard InChI is InChI=1S/C19H19ClFN5O3S/c1-11-4-6-14(15(8-11)26-30(3,27)28)23-18-13(20)10-22-19(25-18)24-16-9-12(21)5-7-17(16)29-2/h4-10,26H,1-3H3,(H2,22,23,24,25). The molecule has 3 N–H and O–H groups in total. The molecule has 11 heteroatoms. The molecule has 0 fully saturated rings. The number of nitrogens with zero attached hydrogens (tertiary/aromatic N) is 2. The maximum atomic E-state index is 13.6. The molecule has 8 nitrogen and oxygen atoms in total. The van der Waals surface area contributed by atoms with Crippen molar-refractivity contribution < 1.29 is 17.5 Å². The monoisotopic (exact) mass is 451 g/mol. The second-order valence-corrected chi connectivity index (χ2v) is 8.56. The number of aromatic nitrogens is 2. The number of sulfonamides is 1. The summed E-state index contributed by atoms with van der Waals surface area (Å²) < 4.78 is 44.6. The predicted molar refractivity (Wildman–Crippen MR) is 116 cm³/mol. The van der Waals surface area contributed by atoms with Crippen LogP contribution in [0.2, 0.25) is 5.02 Å². The molecule has 3 rings (SSSR count). The first-order chi connectivity index (χ1) is 14.1. The molecule has 0 spiro atoms. The number of benzene rings is 2. The van der Waals surface area contributed by atoms with Crippen molar-refractivity contribution in [1.82, 2.24) is 9.97 Å². The van der Waals surface area contributed by atoms with Gasteiger partial charge in [0, 0.05) is 6.07 Å². The van der Waals surface area contributed by atoms with Crippen LogP contribution in [0.15, 0.2) is 42.6 Å². The minimum Gasteiger partial charge on any atom is -0.495 e. The Hall–Kier alpha value is -3.11. The lowest BCUT2D eigenvalue weighted by Gasteiger charge is -2.15. The molecular weight excluding hydrogens is 433 g/mol. The third-order valence-corrected chi connectivity index (χ3v) is 4.74. The maximum absolute atomic E-state index is 13.6. The minimum absolute atomic E-state index is 0.135. The Kier molecular flexibility index (Phi) is 6.28. The van der Waals surface area contributed by atoms with E-state index >= 15 is 0 Å². The Labute approximate surface area is 178 Å². The quantitative estimate of drug-likeness (QED) is 0.487. The van der Waals surface area contributed by atoms with E-state index in [4.69, 9.17) is 16.3 Å². The molecule has 158 valence electrons. The van der Waals surface area contributed by atoms with Gasteiger partial charge in [0.05, 0.1) is 36.6 Å². The van der Waals surface area contributed by atoms with Crippen molar-refractivity contribution in [2.45, 2.75) is 6.92 Å². The lowest BCUT2D eigenvalue weighted by atomic mass is 10.2. The first kappa shape index (κ1) is 21.6. The number of methoxy groups -OCH3 is 1. The van der Waals surface area contributed by atoms with Crippen molar-refractivity contribution in [2.75, 3.05) is 28.7 Å². The van der Waals surface area contributed by atoms with E-state index in [9.17, 15) is 12.8 Å². The van der Waals surface area contributed by atoms with E-state index in [1.54, 1.807) is 12.1 Å². The average Bonchev–Trinajstić information content (AvgIpc) is 2.65. The van der Waals surface area contributed by atoms with Gasteiger partial charge in [-0.05, 0) is 36.8 Å². The van der Waals surface area contributed by atoms with Crippen molar-refractivity contribution in [2.24, 2.45) is 0 Å². The second kappa shape index (κ2) is 8.72. The summed E-state index contributed by atoms with van der Waals surface area (Å²) in [5.74, 6) is 0.310. The Morgan fingerprint density at radius 3 is 2.53 bits per heavy atom. The number of rotatable bonds is 7. The summed E-state index contributed by atoms with van der Waals surface area (Å²) >= 11 is 6.21. The lowest BCUT2D eigenvalue weighted by Crippen LogP contribution is -2.11. The highest BCUT2D eigenvalue weighted by Crippen LogP contribution is 2.32. The summed E-state index contributed by atoms with van der Waals surface area (Å²) in [6.07, 6.45) is 2.42. The molecule has 0 bridgehead atoms. The zero-order valence-corrected chi connectivity index (χ0v) is 17.9. The van der Waals surface area contributed by atoms with Gasteiger partial charge >= 0.3 is 0 Å². The van der Waals surface area contributed by atoms with Gasteiger partial charge in [-0.15, -0.1) is 0 Å². The molecule has 2 aromatic carbocycles. The van der Waals surface area contributed by atoms with Crippen LogP contribution < -0.4 is 20.1 Å². The highest BCUT2D eigenvalue weighted by Gasteiger charge is 2.13. The zero-order chi connectivity index (χ0) is 21.9. The summed E-state index contributed by atoms with van der Waals surface area (Å²) in [6.45, 7) is 1.84. The maximum Gasteiger partial charge on any atom is 0.229 e. The summed E-state index contributed by atoms with van der Waals surface area (Å²) in [7, 11) is -2.04. The van der Waals surface area contributed by atoms with Crippen LogP contribution in [0.25, 0.3) is 0 Å². The van der Waals surface area contributed by atoms with E-state index < -0.39 is 15.8 Å². The number of aryl methyl sites for hydroxylation is 1. The number of hydrogen-bond donors (Lipinski definition) is 3. The molecular formula is C19H19ClFN5O3S. The van der Waals surface area contributed by atoms with Crippen LogP contribution in [0.4, 0.5) is 33.2 Å². The van der Waals surface area contributed by atoms with Crippen LogP contribution in [0, 0.1) is 12.7 Å². The minimum atomic E-state index is -3.50. The third-order valence-electron chi connectivity index (χ3n) is 3.88. The van der Waals surface area contributed by atoms with Crippen molar-refractivity contribution in [1.29, 1.82) is 0 Å². The van der Waals surface area contributed by atoms with Crippen LogP contribution >= 0.6 is 11.6 Å². The lowest BCUT2D eigenvalue weighted by molar-refractivity contribution is 0.415. The normalized spacial score (nSPS) is 11.1. The van der Waals surface area contributed by atoms with Crippen LogP contribution in [-0.2, 0) is 10.0 Å². The molecule has 1 aromatic heterocycles. The fourth-order valence-electron chi connectivity index (χ4n) is 2.59. The van der Waals surface area contributed by atoms with Crippen molar-refractivity contribution in [3.8, 4) is 5.75 Å². The van der Waals surface area contributed by atoms with Gasteiger partial charge in [0.15, 0.2) is 5.82 Å². The highest BCUT2D eigenvalue weighted by molar-refractivity contribution is 7.92. The van der Waals surface area contributed by atoms with Crippen LogP contribution in [0.5, 0.6) is 5.75 Å². The molecule has 0 saturated heterocycles. The van der Waals surface area contributed by atoms with Gasteiger partial charge in [-0.25, -0.2) is 17.8 Å². The zero-order valence-electron chi connectivity index (χ0n) is 16.3. The summed E-state index contributed by atoms with van der Waals surface area (Å²) in [6, 6.07) is 9.18. The fraction of sp³-hybridized carbons (Fsp3) is 0.158. The number of hydrogen-bond acceptors (Lipinski definition) is 7. The first-order valence-electron chi connectivity index (χ1n) is 8.63. The van der Waals surface area contributed by atoms with Crippen LogP contribution in [0.1, 0.15) is 5.56 Å². The smallest absolute Gasteiger partial charge is 0.229 e. The van der Waals surface area contributed by atoms with E-state index in [2.05, 4.69) is 25.3 Å². The Balaban J connectivity index is 1.93. The van der Waals surface area contributed by atoms with E-state index in [0.717, 1.165) is 11.8 Å². The van der Waals surface area contributed by atoms with E-state index in [0.29, 0.717) is 22.8 Å². The van der Waals surface area contributed by atoms with Gasteiger partial charge in [0.2, 0.25) is 16.0 Å². The van der Waals surface area contributed by atoms with Crippen molar-refractivity contribution >= 4 is 50.5 Å². The molecule has 30 heavy (non-hydrogen) atoms. The first-order valence-corrected chi connectivity index (χ1v) is 10.9. The SMILES string of the molecule is COc1ccc(F)cc1Nc1ncc(Cl)c(Nc2ccc(C)cc2NS(C)(=O)=O)n1. The third kappa shape index (κ3) is 5.49. The molecule has 0 saturated carbocycles. The van der Waals surface area contributed by atoms with Crippen LogP contribution in [-0.4, -0.2) is 31.8 Å². The van der Waals surface area contributed by atoms with Gasteiger partial charge in [-0.2, -0.15) is 4.98 Å². The Morgan fingerprint density at radius 1 is 1.07 bits per heavy atom. The number of anilines is 5. The molecule has 0 radical (unpaired) electrons. The Morgan fingerprint density at radius 2 is 1.83 bits per heavy atom. The largest absolute Gasteiger partial charge is 0.495 e. The molecule has 0 unspecified atom stereocenters. The molecule has 0 aliphatic heterocycles. The number of nitrogens with one attached hydrogen (secondary N) is 3. The fourth-order valence-corrected chi connectivity index (χ4v) is 3.30. The van der Waals surface area contributed by atoms with Gasteiger partial charge in [-0.3, -0.25) is 4.72 Å². The summed E-state index contributed by atoms with van der Waals surface area (Å²) in [5, 5.41) is 6.09. The Bertz CT molecular complexity index is 1190. The van der Waals surface area contributed by atoms with E-state index in [-0.39, 0.29) is 16.8 Å². The predicted octanol–water partition coefficient (Wildman–Crippen LogP) is 4.44. The second-order valence-electron chi connectivity index (χ2n) is 6.41.